The third-order valence-corrected chi connectivity index (χ3v) is 5.85. The molecule has 0 saturated heterocycles. The van der Waals surface area contributed by atoms with Crippen LogP contribution in [-0.2, 0) is 4.74 Å². The van der Waals surface area contributed by atoms with E-state index in [9.17, 15) is 9.59 Å². The van der Waals surface area contributed by atoms with Crippen molar-refractivity contribution in [2.75, 3.05) is 6.61 Å². The first-order valence-electron chi connectivity index (χ1n) is 6.80. The van der Waals surface area contributed by atoms with E-state index in [2.05, 4.69) is 15.9 Å². The van der Waals surface area contributed by atoms with Gasteiger partial charge in [-0.3, -0.25) is 4.79 Å². The molecule has 3 aromatic rings. The van der Waals surface area contributed by atoms with Crippen LogP contribution in [0.4, 0.5) is 0 Å². The predicted octanol–water partition coefficient (Wildman–Crippen LogP) is 6.01. The molecule has 0 bridgehead atoms. The topological polar surface area (TPSA) is 43.4 Å². The van der Waals surface area contributed by atoms with Gasteiger partial charge in [-0.15, -0.1) is 11.3 Å². The van der Waals surface area contributed by atoms with Crippen LogP contribution in [0.2, 0.25) is 10.0 Å². The molecule has 2 aromatic carbocycles. The van der Waals surface area contributed by atoms with Crippen molar-refractivity contribution in [2.45, 2.75) is 0 Å². The highest BCUT2D eigenvalue weighted by molar-refractivity contribution is 9.10. The van der Waals surface area contributed by atoms with Crippen molar-refractivity contribution in [1.29, 1.82) is 0 Å². The number of Topliss-reactive ketones (excluding diaryl/α,β-unsaturated/α-hetero) is 1. The monoisotopic (exact) mass is 442 g/mol. The van der Waals surface area contributed by atoms with E-state index in [-0.39, 0.29) is 17.3 Å². The van der Waals surface area contributed by atoms with Gasteiger partial charge in [0.05, 0.1) is 5.02 Å². The first-order valence-corrected chi connectivity index (χ1v) is 9.16. The molecule has 1 aromatic heterocycles. The van der Waals surface area contributed by atoms with Gasteiger partial charge in [-0.25, -0.2) is 4.79 Å². The Morgan fingerprint density at radius 1 is 1.12 bits per heavy atom. The second-order valence-corrected chi connectivity index (χ2v) is 7.59. The number of carbonyl (C=O) groups excluding carboxylic acids is 2. The lowest BCUT2D eigenvalue weighted by atomic mass is 10.1. The molecule has 7 heteroatoms. The fraction of sp³-hybridized carbons (Fsp3) is 0.0588. The summed E-state index contributed by atoms with van der Waals surface area (Å²) >= 11 is 16.7. The number of hydrogen-bond donors (Lipinski definition) is 0. The van der Waals surface area contributed by atoms with Crippen molar-refractivity contribution in [1.82, 2.24) is 0 Å². The van der Waals surface area contributed by atoms with E-state index in [1.165, 1.54) is 11.3 Å². The molecule has 0 atom stereocenters. The first-order chi connectivity index (χ1) is 11.5. The number of rotatable bonds is 4. The van der Waals surface area contributed by atoms with Crippen LogP contribution >= 0.6 is 50.5 Å². The molecule has 0 saturated carbocycles. The zero-order valence-electron chi connectivity index (χ0n) is 12.0. The van der Waals surface area contributed by atoms with E-state index >= 15 is 0 Å². The summed E-state index contributed by atoms with van der Waals surface area (Å²) in [5.41, 5.74) is 0.458. The van der Waals surface area contributed by atoms with E-state index < -0.39 is 5.97 Å². The number of benzene rings is 2. The lowest BCUT2D eigenvalue weighted by Crippen LogP contribution is -2.14. The maximum absolute atomic E-state index is 12.2. The van der Waals surface area contributed by atoms with Gasteiger partial charge in [0.15, 0.2) is 6.61 Å². The Morgan fingerprint density at radius 3 is 2.62 bits per heavy atom. The number of ether oxygens (including phenoxy) is 1. The molecule has 122 valence electrons. The number of halogens is 3. The molecule has 0 amide bonds. The maximum atomic E-state index is 12.2. The van der Waals surface area contributed by atoms with Gasteiger partial charge in [-0.1, -0.05) is 63.4 Å². The molecule has 0 unspecified atom stereocenters. The number of carbonyl (C=O) groups is 2. The van der Waals surface area contributed by atoms with Crippen LogP contribution in [-0.4, -0.2) is 18.4 Å². The van der Waals surface area contributed by atoms with Gasteiger partial charge < -0.3 is 4.74 Å². The SMILES string of the molecule is O=C(COC(=O)c1sc2cc(Cl)ccc2c1Cl)c1ccccc1Br. The number of fused-ring (bicyclic) bond motifs is 1. The van der Waals surface area contributed by atoms with Crippen molar-refractivity contribution in [3.8, 4) is 0 Å². The number of thiophene rings is 1. The molecule has 3 nitrogen and oxygen atoms in total. The fourth-order valence-corrected chi connectivity index (χ4v) is 4.32. The van der Waals surface area contributed by atoms with Gasteiger partial charge in [0.1, 0.15) is 4.88 Å². The molecule has 0 N–H and O–H groups in total. The summed E-state index contributed by atoms with van der Waals surface area (Å²) in [4.78, 5) is 24.7. The second-order valence-electron chi connectivity index (χ2n) is 4.86. The standard InChI is InChI=1S/C17H9BrCl2O3S/c18-12-4-2-1-3-10(12)13(21)8-23-17(22)16-15(20)11-6-5-9(19)7-14(11)24-16/h1-7H,8H2. The van der Waals surface area contributed by atoms with E-state index in [1.807, 2.05) is 0 Å². The molecular weight excluding hydrogens is 435 g/mol. The van der Waals surface area contributed by atoms with E-state index in [0.717, 1.165) is 10.1 Å². The molecule has 0 fully saturated rings. The summed E-state index contributed by atoms with van der Waals surface area (Å²) in [6.07, 6.45) is 0. The smallest absolute Gasteiger partial charge is 0.350 e. The van der Waals surface area contributed by atoms with Crippen LogP contribution in [0.5, 0.6) is 0 Å². The van der Waals surface area contributed by atoms with E-state index in [4.69, 9.17) is 27.9 Å². The summed E-state index contributed by atoms with van der Waals surface area (Å²) in [6, 6.07) is 12.1. The Balaban J connectivity index is 1.77. The Kier molecular flexibility index (Phi) is 5.25. The van der Waals surface area contributed by atoms with Crippen molar-refractivity contribution in [3.05, 3.63) is 67.4 Å². The van der Waals surface area contributed by atoms with Crippen LogP contribution in [0, 0.1) is 0 Å². The highest BCUT2D eigenvalue weighted by Gasteiger charge is 2.20. The van der Waals surface area contributed by atoms with Crippen molar-refractivity contribution < 1.29 is 14.3 Å². The lowest BCUT2D eigenvalue weighted by Gasteiger charge is -2.05. The summed E-state index contributed by atoms with van der Waals surface area (Å²) in [5.74, 6) is -0.922. The molecule has 1 heterocycles. The largest absolute Gasteiger partial charge is 0.453 e. The molecule has 0 aliphatic rings. The quantitative estimate of drug-likeness (QED) is 0.366. The van der Waals surface area contributed by atoms with Gasteiger partial charge >= 0.3 is 5.97 Å². The van der Waals surface area contributed by atoms with Gasteiger partial charge in [-0.2, -0.15) is 0 Å². The fourth-order valence-electron chi connectivity index (χ4n) is 2.13. The normalized spacial score (nSPS) is 10.8. The highest BCUT2D eigenvalue weighted by Crippen LogP contribution is 2.37. The Bertz CT molecular complexity index is 952. The highest BCUT2D eigenvalue weighted by atomic mass is 79.9. The van der Waals surface area contributed by atoms with Crippen LogP contribution in [0.15, 0.2) is 46.9 Å². The average Bonchev–Trinajstić information content (AvgIpc) is 2.89. The number of hydrogen-bond acceptors (Lipinski definition) is 4. The van der Waals surface area contributed by atoms with Crippen molar-refractivity contribution >= 4 is 72.3 Å². The second kappa shape index (κ2) is 7.23. The van der Waals surface area contributed by atoms with E-state index in [1.54, 1.807) is 42.5 Å². The van der Waals surface area contributed by atoms with Crippen LogP contribution < -0.4 is 0 Å². The molecular formula is C17H9BrCl2O3S. The Labute approximate surface area is 160 Å². The maximum Gasteiger partial charge on any atom is 0.350 e. The lowest BCUT2D eigenvalue weighted by molar-refractivity contribution is 0.0479. The zero-order chi connectivity index (χ0) is 17.3. The summed E-state index contributed by atoms with van der Waals surface area (Å²) in [7, 11) is 0. The Morgan fingerprint density at radius 2 is 1.88 bits per heavy atom. The minimum Gasteiger partial charge on any atom is -0.453 e. The van der Waals surface area contributed by atoms with Crippen LogP contribution in [0.1, 0.15) is 20.0 Å². The van der Waals surface area contributed by atoms with Crippen LogP contribution in [0.3, 0.4) is 0 Å². The molecule has 0 aliphatic heterocycles. The van der Waals surface area contributed by atoms with Crippen molar-refractivity contribution in [2.24, 2.45) is 0 Å². The molecule has 0 spiro atoms. The van der Waals surface area contributed by atoms with Gasteiger partial charge in [-0.05, 0) is 18.2 Å². The van der Waals surface area contributed by atoms with Gasteiger partial charge in [0.2, 0.25) is 5.78 Å². The average molecular weight is 444 g/mol. The summed E-state index contributed by atoms with van der Waals surface area (Å²) in [5, 5.41) is 1.60. The van der Waals surface area contributed by atoms with E-state index in [0.29, 0.717) is 20.1 Å². The molecule has 24 heavy (non-hydrogen) atoms. The number of esters is 1. The van der Waals surface area contributed by atoms with Gasteiger partial charge in [0, 0.05) is 25.1 Å². The minimum atomic E-state index is -0.627. The Hall–Kier alpha value is -1.40. The third kappa shape index (κ3) is 3.49. The summed E-state index contributed by atoms with van der Waals surface area (Å²) in [6.45, 7) is -0.354. The molecule has 3 rings (SSSR count). The third-order valence-electron chi connectivity index (χ3n) is 3.29. The van der Waals surface area contributed by atoms with Gasteiger partial charge in [0.25, 0.3) is 0 Å². The first kappa shape index (κ1) is 17.4. The van der Waals surface area contributed by atoms with Crippen molar-refractivity contribution in [3.63, 3.8) is 0 Å². The minimum absolute atomic E-state index is 0.258. The number of ketones is 1. The zero-order valence-corrected chi connectivity index (χ0v) is 15.9. The predicted molar refractivity (Wildman–Crippen MR) is 101 cm³/mol. The summed E-state index contributed by atoms with van der Waals surface area (Å²) < 4.78 is 6.57. The molecule has 0 aliphatic carbocycles. The molecule has 0 radical (unpaired) electrons. The van der Waals surface area contributed by atoms with Crippen LogP contribution in [0.25, 0.3) is 10.1 Å².